The minimum Gasteiger partial charge on any atom is -0.378 e. The number of benzene rings is 3. The van der Waals surface area contributed by atoms with E-state index in [2.05, 4.69) is 35.8 Å². The van der Waals surface area contributed by atoms with Gasteiger partial charge in [0, 0.05) is 40.2 Å². The normalized spacial score (nSPS) is 13.3. The maximum absolute atomic E-state index is 12.5. The predicted octanol–water partition coefficient (Wildman–Crippen LogP) is 6.57. The largest absolute Gasteiger partial charge is 0.378 e. The zero-order chi connectivity index (χ0) is 27.0. The Morgan fingerprint density at radius 3 is 2.33 bits per heavy atom. The monoisotopic (exact) mass is 561 g/mol. The van der Waals surface area contributed by atoms with Crippen LogP contribution in [-0.2, 0) is 4.74 Å². The summed E-state index contributed by atoms with van der Waals surface area (Å²) in [5.74, 6) is 1.42. The SMILES string of the molecule is O=C(Nc1ccc(Cl)cc1)Nc1cccc(Nc2nc(/C=C/c3cccc(Cl)c3)nc(N3CCOCC3)n2)c1. The molecule has 1 aliphatic rings. The van der Waals surface area contributed by atoms with Crippen molar-refractivity contribution in [3.8, 4) is 0 Å². The number of hydrogen-bond donors (Lipinski definition) is 3. The molecule has 3 aromatic carbocycles. The highest BCUT2D eigenvalue weighted by atomic mass is 35.5. The number of carbonyl (C=O) groups is 1. The molecule has 1 saturated heterocycles. The molecule has 1 aliphatic heterocycles. The molecule has 0 spiro atoms. The fourth-order valence-corrected chi connectivity index (χ4v) is 4.15. The summed E-state index contributed by atoms with van der Waals surface area (Å²) >= 11 is 12.0. The number of morpholine rings is 1. The van der Waals surface area contributed by atoms with Gasteiger partial charge in [0.05, 0.1) is 13.2 Å². The van der Waals surface area contributed by atoms with E-state index < -0.39 is 0 Å². The third kappa shape index (κ3) is 7.67. The van der Waals surface area contributed by atoms with E-state index in [0.717, 1.165) is 5.56 Å². The third-order valence-electron chi connectivity index (χ3n) is 5.69. The highest BCUT2D eigenvalue weighted by Crippen LogP contribution is 2.22. The number of nitrogens with zero attached hydrogens (tertiary/aromatic N) is 4. The van der Waals surface area contributed by atoms with Crippen molar-refractivity contribution in [1.82, 2.24) is 15.0 Å². The molecule has 1 aromatic heterocycles. The lowest BCUT2D eigenvalue weighted by molar-refractivity contribution is 0.122. The van der Waals surface area contributed by atoms with E-state index in [-0.39, 0.29) is 6.03 Å². The molecule has 5 rings (SSSR count). The summed E-state index contributed by atoms with van der Waals surface area (Å²) < 4.78 is 5.48. The van der Waals surface area contributed by atoms with Crippen LogP contribution in [0.4, 0.5) is 33.8 Å². The van der Waals surface area contributed by atoms with Gasteiger partial charge in [-0.25, -0.2) is 4.79 Å². The molecule has 0 saturated carbocycles. The van der Waals surface area contributed by atoms with Crippen molar-refractivity contribution >= 4 is 70.3 Å². The lowest BCUT2D eigenvalue weighted by Crippen LogP contribution is -2.37. The molecule has 3 N–H and O–H groups in total. The van der Waals surface area contributed by atoms with Crippen molar-refractivity contribution in [2.45, 2.75) is 0 Å². The number of nitrogens with one attached hydrogen (secondary N) is 3. The standard InChI is InChI=1S/C28H25Cl2N7O2/c29-20-8-10-22(11-9-20)32-28(38)33-24-6-2-5-23(18-24)31-26-34-25(12-7-19-3-1-4-21(30)17-19)35-27(36-26)37-13-15-39-16-14-37/h1-12,17-18H,13-16H2,(H2,32,33,38)(H,31,34,35,36)/b12-7+. The second-order valence-corrected chi connectivity index (χ2v) is 9.47. The summed E-state index contributed by atoms with van der Waals surface area (Å²) in [6, 6.07) is 21.3. The van der Waals surface area contributed by atoms with Crippen LogP contribution in [-0.4, -0.2) is 47.3 Å². The summed E-state index contributed by atoms with van der Waals surface area (Å²) in [5, 5.41) is 10.1. The van der Waals surface area contributed by atoms with Crippen molar-refractivity contribution < 1.29 is 9.53 Å². The van der Waals surface area contributed by atoms with Gasteiger partial charge >= 0.3 is 6.03 Å². The minimum atomic E-state index is -0.377. The zero-order valence-corrected chi connectivity index (χ0v) is 22.3. The third-order valence-corrected chi connectivity index (χ3v) is 6.17. The Balaban J connectivity index is 1.34. The first-order valence-corrected chi connectivity index (χ1v) is 13.0. The topological polar surface area (TPSA) is 104 Å². The van der Waals surface area contributed by atoms with Gasteiger partial charge in [0.1, 0.15) is 0 Å². The summed E-state index contributed by atoms with van der Waals surface area (Å²) in [5.41, 5.74) is 2.85. The maximum Gasteiger partial charge on any atom is 0.323 e. The van der Waals surface area contributed by atoms with Crippen LogP contribution in [0.15, 0.2) is 72.8 Å². The summed E-state index contributed by atoms with van der Waals surface area (Å²) in [4.78, 5) is 28.4. The molecular weight excluding hydrogens is 537 g/mol. The van der Waals surface area contributed by atoms with Crippen molar-refractivity contribution in [3.63, 3.8) is 0 Å². The number of aromatic nitrogens is 3. The Labute approximate surface area is 235 Å². The number of carbonyl (C=O) groups excluding carboxylic acids is 1. The number of rotatable bonds is 7. The molecule has 0 unspecified atom stereocenters. The van der Waals surface area contributed by atoms with Gasteiger partial charge < -0.3 is 25.6 Å². The predicted molar refractivity (Wildman–Crippen MR) is 157 cm³/mol. The van der Waals surface area contributed by atoms with Gasteiger partial charge in [-0.1, -0.05) is 47.5 Å². The van der Waals surface area contributed by atoms with Crippen molar-refractivity contribution in [1.29, 1.82) is 0 Å². The quantitative estimate of drug-likeness (QED) is 0.234. The molecule has 198 valence electrons. The first-order valence-electron chi connectivity index (χ1n) is 12.2. The van der Waals surface area contributed by atoms with Gasteiger partial charge in [-0.15, -0.1) is 0 Å². The van der Waals surface area contributed by atoms with E-state index in [0.29, 0.717) is 71.1 Å². The molecule has 0 radical (unpaired) electrons. The number of ether oxygens (including phenoxy) is 1. The highest BCUT2D eigenvalue weighted by molar-refractivity contribution is 6.31. The zero-order valence-electron chi connectivity index (χ0n) is 20.8. The van der Waals surface area contributed by atoms with E-state index in [9.17, 15) is 4.79 Å². The smallest absolute Gasteiger partial charge is 0.323 e. The first kappa shape index (κ1) is 26.4. The molecule has 0 atom stereocenters. The van der Waals surface area contributed by atoms with Crippen LogP contribution >= 0.6 is 23.2 Å². The van der Waals surface area contributed by atoms with Crippen LogP contribution in [0.2, 0.25) is 10.0 Å². The van der Waals surface area contributed by atoms with Gasteiger partial charge in [-0.2, -0.15) is 15.0 Å². The number of halogens is 2. The lowest BCUT2D eigenvalue weighted by Gasteiger charge is -2.27. The summed E-state index contributed by atoms with van der Waals surface area (Å²) in [6.07, 6.45) is 3.72. The van der Waals surface area contributed by atoms with Crippen LogP contribution in [0.3, 0.4) is 0 Å². The Bertz CT molecular complexity index is 1480. The molecule has 39 heavy (non-hydrogen) atoms. The fourth-order valence-electron chi connectivity index (χ4n) is 3.83. The lowest BCUT2D eigenvalue weighted by atomic mass is 10.2. The number of amides is 2. The second kappa shape index (κ2) is 12.6. The van der Waals surface area contributed by atoms with E-state index >= 15 is 0 Å². The van der Waals surface area contributed by atoms with E-state index in [4.69, 9.17) is 27.9 Å². The molecule has 4 aromatic rings. The van der Waals surface area contributed by atoms with Crippen LogP contribution in [0, 0.1) is 0 Å². The highest BCUT2D eigenvalue weighted by Gasteiger charge is 2.16. The Hall–Kier alpha value is -4.18. The second-order valence-electron chi connectivity index (χ2n) is 8.60. The van der Waals surface area contributed by atoms with E-state index in [1.807, 2.05) is 48.6 Å². The Morgan fingerprint density at radius 1 is 0.795 bits per heavy atom. The summed E-state index contributed by atoms with van der Waals surface area (Å²) in [7, 11) is 0. The average molecular weight is 562 g/mol. The minimum absolute atomic E-state index is 0.375. The van der Waals surface area contributed by atoms with Crippen LogP contribution in [0.25, 0.3) is 12.2 Å². The molecule has 11 heteroatoms. The Morgan fingerprint density at radius 2 is 1.54 bits per heavy atom. The number of hydrogen-bond acceptors (Lipinski definition) is 7. The van der Waals surface area contributed by atoms with Crippen molar-refractivity contribution in [3.05, 3.63) is 94.2 Å². The van der Waals surface area contributed by atoms with Crippen LogP contribution < -0.4 is 20.9 Å². The van der Waals surface area contributed by atoms with E-state index in [1.54, 1.807) is 36.4 Å². The Kier molecular flexibility index (Phi) is 8.52. The maximum atomic E-state index is 12.5. The van der Waals surface area contributed by atoms with Crippen LogP contribution in [0.1, 0.15) is 11.4 Å². The van der Waals surface area contributed by atoms with Crippen LogP contribution in [0.5, 0.6) is 0 Å². The molecule has 2 amide bonds. The molecule has 9 nitrogen and oxygen atoms in total. The molecule has 0 aliphatic carbocycles. The average Bonchev–Trinajstić information content (AvgIpc) is 2.94. The van der Waals surface area contributed by atoms with Gasteiger partial charge in [-0.05, 0) is 66.2 Å². The molecular formula is C28H25Cl2N7O2. The van der Waals surface area contributed by atoms with Gasteiger partial charge in [0.25, 0.3) is 0 Å². The van der Waals surface area contributed by atoms with Crippen molar-refractivity contribution in [2.75, 3.05) is 47.2 Å². The summed E-state index contributed by atoms with van der Waals surface area (Å²) in [6.45, 7) is 2.58. The first-order chi connectivity index (χ1) is 19.0. The molecule has 2 heterocycles. The van der Waals surface area contributed by atoms with Gasteiger partial charge in [-0.3, -0.25) is 0 Å². The fraction of sp³-hybridized carbons (Fsp3) is 0.143. The van der Waals surface area contributed by atoms with E-state index in [1.165, 1.54) is 0 Å². The van der Waals surface area contributed by atoms with Crippen molar-refractivity contribution in [2.24, 2.45) is 0 Å². The van der Waals surface area contributed by atoms with Gasteiger partial charge in [0.15, 0.2) is 5.82 Å². The van der Waals surface area contributed by atoms with Gasteiger partial charge in [0.2, 0.25) is 11.9 Å². The molecule has 0 bridgehead atoms. The molecule has 1 fully saturated rings. The number of anilines is 5. The number of urea groups is 1.